The van der Waals surface area contributed by atoms with Crippen molar-refractivity contribution in [3.8, 4) is 0 Å². The number of hydrogen-bond donors (Lipinski definition) is 0. The molecule has 1 amide bonds. The summed E-state index contributed by atoms with van der Waals surface area (Å²) in [6, 6.07) is 5.33. The average molecular weight is 250 g/mol. The Bertz CT molecular complexity index is 432. The zero-order valence-corrected chi connectivity index (χ0v) is 11.0. The largest absolute Gasteiger partial charge is 0.469 e. The molecule has 0 bridgehead atoms. The minimum Gasteiger partial charge on any atom is -0.469 e. The van der Waals surface area contributed by atoms with Crippen molar-refractivity contribution in [2.75, 3.05) is 20.7 Å². The molecule has 1 aromatic heterocycles. The number of pyridine rings is 1. The van der Waals surface area contributed by atoms with Gasteiger partial charge < -0.3 is 9.64 Å². The van der Waals surface area contributed by atoms with Gasteiger partial charge >= 0.3 is 5.97 Å². The molecule has 0 saturated carbocycles. The van der Waals surface area contributed by atoms with Crippen molar-refractivity contribution in [2.45, 2.75) is 19.8 Å². The second-order valence-electron chi connectivity index (χ2n) is 4.07. The second kappa shape index (κ2) is 6.74. The Labute approximate surface area is 107 Å². The third-order valence-corrected chi connectivity index (χ3v) is 2.56. The first-order valence-corrected chi connectivity index (χ1v) is 5.80. The lowest BCUT2D eigenvalue weighted by molar-refractivity contribution is -0.140. The molecular weight excluding hydrogens is 232 g/mol. The number of nitrogens with zero attached hydrogens (tertiary/aromatic N) is 2. The number of carbonyl (C=O) groups excluding carboxylic acids is 2. The molecule has 0 aromatic carbocycles. The summed E-state index contributed by atoms with van der Waals surface area (Å²) in [6.45, 7) is 2.34. The monoisotopic (exact) mass is 250 g/mol. The summed E-state index contributed by atoms with van der Waals surface area (Å²) >= 11 is 0. The average Bonchev–Trinajstić information content (AvgIpc) is 2.37. The Balaban J connectivity index is 2.49. The molecule has 1 rings (SSSR count). The number of ether oxygens (including phenoxy) is 1. The number of hydrogen-bond acceptors (Lipinski definition) is 4. The molecule has 0 N–H and O–H groups in total. The fourth-order valence-corrected chi connectivity index (χ4v) is 1.52. The van der Waals surface area contributed by atoms with Crippen LogP contribution in [0, 0.1) is 6.92 Å². The first-order chi connectivity index (χ1) is 8.54. The Morgan fingerprint density at radius 2 is 2.11 bits per heavy atom. The van der Waals surface area contributed by atoms with Crippen LogP contribution in [0.15, 0.2) is 18.2 Å². The van der Waals surface area contributed by atoms with Crippen molar-refractivity contribution >= 4 is 11.9 Å². The maximum atomic E-state index is 12.0. The van der Waals surface area contributed by atoms with E-state index in [4.69, 9.17) is 0 Å². The van der Waals surface area contributed by atoms with Crippen LogP contribution in [0.5, 0.6) is 0 Å². The second-order valence-corrected chi connectivity index (χ2v) is 4.07. The van der Waals surface area contributed by atoms with Gasteiger partial charge in [-0.05, 0) is 25.5 Å². The summed E-state index contributed by atoms with van der Waals surface area (Å²) < 4.78 is 4.54. The third-order valence-electron chi connectivity index (χ3n) is 2.56. The van der Waals surface area contributed by atoms with Gasteiger partial charge in [-0.1, -0.05) is 6.07 Å². The summed E-state index contributed by atoms with van der Waals surface area (Å²) in [5.74, 6) is -0.395. The molecule has 0 aliphatic rings. The molecule has 0 spiro atoms. The Morgan fingerprint density at radius 1 is 1.39 bits per heavy atom. The highest BCUT2D eigenvalue weighted by Gasteiger charge is 2.13. The van der Waals surface area contributed by atoms with Crippen molar-refractivity contribution < 1.29 is 14.3 Å². The summed E-state index contributed by atoms with van der Waals surface area (Å²) in [6.07, 6.45) is 0.899. The summed E-state index contributed by atoms with van der Waals surface area (Å²) in [7, 11) is 3.05. The highest BCUT2D eigenvalue weighted by molar-refractivity contribution is 5.92. The number of methoxy groups -OCH3 is 1. The van der Waals surface area contributed by atoms with Crippen LogP contribution in [-0.4, -0.2) is 42.5 Å². The zero-order chi connectivity index (χ0) is 13.5. The van der Waals surface area contributed by atoms with Crippen LogP contribution in [0.25, 0.3) is 0 Å². The normalized spacial score (nSPS) is 9.94. The molecule has 5 nitrogen and oxygen atoms in total. The Kier molecular flexibility index (Phi) is 5.30. The standard InChI is InChI=1S/C13H18N2O3/c1-10-6-4-7-11(14-10)13(17)15(2)9-5-8-12(16)18-3/h4,6-7H,5,8-9H2,1-3H3. The van der Waals surface area contributed by atoms with Crippen molar-refractivity contribution in [3.05, 3.63) is 29.6 Å². The Morgan fingerprint density at radius 3 is 2.72 bits per heavy atom. The van der Waals surface area contributed by atoms with Crippen LogP contribution in [0.4, 0.5) is 0 Å². The lowest BCUT2D eigenvalue weighted by Gasteiger charge is -2.16. The number of rotatable bonds is 5. The van der Waals surface area contributed by atoms with Crippen molar-refractivity contribution in [2.24, 2.45) is 0 Å². The summed E-state index contributed by atoms with van der Waals surface area (Å²) in [4.78, 5) is 28.7. The molecule has 98 valence electrons. The van der Waals surface area contributed by atoms with E-state index in [1.54, 1.807) is 24.1 Å². The van der Waals surface area contributed by atoms with Gasteiger partial charge in [-0.15, -0.1) is 0 Å². The minimum atomic E-state index is -0.260. The van der Waals surface area contributed by atoms with E-state index in [2.05, 4.69) is 9.72 Å². The molecule has 1 aromatic rings. The van der Waals surface area contributed by atoms with Crippen LogP contribution in [-0.2, 0) is 9.53 Å². The molecule has 0 aliphatic carbocycles. The number of esters is 1. The van der Waals surface area contributed by atoms with Crippen LogP contribution in [0.2, 0.25) is 0 Å². The summed E-state index contributed by atoms with van der Waals surface area (Å²) in [5.41, 5.74) is 1.24. The van der Waals surface area contributed by atoms with Crippen molar-refractivity contribution in [1.82, 2.24) is 9.88 Å². The molecular formula is C13H18N2O3. The number of aromatic nitrogens is 1. The first-order valence-electron chi connectivity index (χ1n) is 5.80. The number of carbonyl (C=O) groups is 2. The predicted octanol–water partition coefficient (Wildman–Crippen LogP) is 1.42. The van der Waals surface area contributed by atoms with Crippen LogP contribution < -0.4 is 0 Å². The van der Waals surface area contributed by atoms with Gasteiger partial charge in [0.15, 0.2) is 0 Å². The van der Waals surface area contributed by atoms with E-state index in [0.717, 1.165) is 5.69 Å². The van der Waals surface area contributed by atoms with E-state index < -0.39 is 0 Å². The summed E-state index contributed by atoms with van der Waals surface area (Å²) in [5, 5.41) is 0. The highest BCUT2D eigenvalue weighted by atomic mass is 16.5. The first kappa shape index (κ1) is 14.2. The van der Waals surface area contributed by atoms with Crippen LogP contribution >= 0.6 is 0 Å². The van der Waals surface area contributed by atoms with Gasteiger partial charge in [0.1, 0.15) is 5.69 Å². The van der Waals surface area contributed by atoms with E-state index in [1.165, 1.54) is 7.11 Å². The SMILES string of the molecule is COC(=O)CCCN(C)C(=O)c1cccc(C)n1. The van der Waals surface area contributed by atoms with Gasteiger partial charge in [-0.2, -0.15) is 0 Å². The molecule has 5 heteroatoms. The number of amides is 1. The lowest BCUT2D eigenvalue weighted by Crippen LogP contribution is -2.29. The highest BCUT2D eigenvalue weighted by Crippen LogP contribution is 2.03. The third kappa shape index (κ3) is 4.16. The fraction of sp³-hybridized carbons (Fsp3) is 0.462. The predicted molar refractivity (Wildman–Crippen MR) is 67.2 cm³/mol. The molecule has 0 atom stereocenters. The molecule has 0 radical (unpaired) electrons. The molecule has 0 fully saturated rings. The number of aryl methyl sites for hydroxylation is 1. The Hall–Kier alpha value is -1.91. The van der Waals surface area contributed by atoms with Gasteiger partial charge in [-0.3, -0.25) is 9.59 Å². The maximum Gasteiger partial charge on any atom is 0.305 e. The van der Waals surface area contributed by atoms with Gasteiger partial charge in [0.2, 0.25) is 0 Å². The minimum absolute atomic E-state index is 0.136. The van der Waals surface area contributed by atoms with Gasteiger partial charge in [0, 0.05) is 25.7 Å². The van der Waals surface area contributed by atoms with E-state index in [0.29, 0.717) is 25.1 Å². The molecule has 0 aliphatic heterocycles. The van der Waals surface area contributed by atoms with Gasteiger partial charge in [-0.25, -0.2) is 4.98 Å². The fourth-order valence-electron chi connectivity index (χ4n) is 1.52. The van der Waals surface area contributed by atoms with Crippen LogP contribution in [0.3, 0.4) is 0 Å². The van der Waals surface area contributed by atoms with Crippen molar-refractivity contribution in [1.29, 1.82) is 0 Å². The smallest absolute Gasteiger partial charge is 0.305 e. The van der Waals surface area contributed by atoms with E-state index in [9.17, 15) is 9.59 Å². The van der Waals surface area contributed by atoms with Crippen molar-refractivity contribution in [3.63, 3.8) is 0 Å². The molecule has 18 heavy (non-hydrogen) atoms. The van der Waals surface area contributed by atoms with E-state index in [1.807, 2.05) is 13.0 Å². The molecule has 1 heterocycles. The van der Waals surface area contributed by atoms with E-state index >= 15 is 0 Å². The van der Waals surface area contributed by atoms with Gasteiger partial charge in [0.05, 0.1) is 7.11 Å². The lowest BCUT2D eigenvalue weighted by atomic mass is 10.2. The maximum absolute atomic E-state index is 12.0. The van der Waals surface area contributed by atoms with E-state index in [-0.39, 0.29) is 11.9 Å². The zero-order valence-electron chi connectivity index (χ0n) is 11.0. The molecule has 0 saturated heterocycles. The molecule has 0 unspecified atom stereocenters. The van der Waals surface area contributed by atoms with Gasteiger partial charge in [0.25, 0.3) is 5.91 Å². The quantitative estimate of drug-likeness (QED) is 0.741. The topological polar surface area (TPSA) is 59.5 Å². The van der Waals surface area contributed by atoms with Crippen LogP contribution in [0.1, 0.15) is 29.0 Å².